The van der Waals surface area contributed by atoms with Crippen LogP contribution >= 0.6 is 46.0 Å². The summed E-state index contributed by atoms with van der Waals surface area (Å²) in [7, 11) is -28.6. The highest BCUT2D eigenvalue weighted by atomic mass is 31.2. The monoisotopic (exact) mass is 2020 g/mol. The number of fused-ring (bicyclic) bond motifs is 15. The molecule has 18 N–H and O–H groups in total. The average molecular weight is 2020 g/mol. The molecule has 21 heterocycles. The minimum Gasteiger partial charge on any atom is -0.387 e. The maximum atomic E-state index is 15.9. The number of H-pyrrole nitrogens is 3. The highest BCUT2D eigenvalue weighted by Crippen LogP contribution is 2.60. The number of anilines is 3. The van der Waals surface area contributed by atoms with Gasteiger partial charge < -0.3 is 105 Å². The molecule has 0 amide bonds. The molecule has 59 nitrogen and oxygen atoms in total. The average Bonchev–Trinajstić information content (AvgIpc) is 1.61. The highest BCUT2D eigenvalue weighted by Gasteiger charge is 2.59. The number of aryl methyl sites for hydroxylation is 3. The van der Waals surface area contributed by atoms with Crippen molar-refractivity contribution in [2.75, 3.05) is 55.1 Å². The lowest BCUT2D eigenvalue weighted by Gasteiger charge is -2.26. The molecule has 0 aliphatic carbocycles. The number of aromatic nitrogens is 24. The molecular weight excluding hydrogens is 1940 g/mol. The van der Waals surface area contributed by atoms with Crippen molar-refractivity contribution in [3.63, 3.8) is 0 Å². The second-order valence-electron chi connectivity index (χ2n) is 32.4. The zero-order chi connectivity index (χ0) is 95.5. The van der Waals surface area contributed by atoms with E-state index in [1.165, 1.54) is 68.3 Å². The summed E-state index contributed by atoms with van der Waals surface area (Å²) in [5, 5.41) is 33.6. The molecule has 12 aromatic heterocycles. The molecule has 726 valence electrons. The van der Waals surface area contributed by atoms with Gasteiger partial charge in [0.1, 0.15) is 120 Å². The van der Waals surface area contributed by atoms with Crippen molar-refractivity contribution in [2.24, 2.45) is 0 Å². The van der Waals surface area contributed by atoms with Crippen LogP contribution in [-0.2, 0) is 92.0 Å². The summed E-state index contributed by atoms with van der Waals surface area (Å²) in [4.78, 5) is 170. The summed E-state index contributed by atoms with van der Waals surface area (Å²) in [5.74, 6) is 0.823. The lowest BCUT2D eigenvalue weighted by atomic mass is 10.1. The molecule has 30 atom stereocenters. The second kappa shape index (κ2) is 35.7. The molecule has 0 aromatic carbocycles. The van der Waals surface area contributed by atoms with E-state index in [4.69, 9.17) is 81.8 Å². The Kier molecular flexibility index (Phi) is 24.9. The number of alkyl halides is 3. The van der Waals surface area contributed by atoms with Gasteiger partial charge in [-0.05, 0) is 46.5 Å². The van der Waals surface area contributed by atoms with Crippen LogP contribution in [0.25, 0.3) is 67.0 Å². The quantitative estimate of drug-likeness (QED) is 0.0968. The largest absolute Gasteiger partial charge is 0.472 e. The van der Waals surface area contributed by atoms with E-state index in [0.29, 0.717) is 0 Å². The summed E-state index contributed by atoms with van der Waals surface area (Å²) in [6.07, 6.45) is -30.7. The Bertz CT molecular complexity index is 6470. The lowest BCUT2D eigenvalue weighted by Crippen LogP contribution is -2.36. The number of phosphoric ester groups is 2. The Morgan fingerprint density at radius 2 is 0.630 bits per heavy atom. The van der Waals surface area contributed by atoms with Crippen LogP contribution in [0.4, 0.5) is 30.6 Å². The van der Waals surface area contributed by atoms with Crippen LogP contribution in [0.15, 0.2) is 71.3 Å². The van der Waals surface area contributed by atoms with Gasteiger partial charge in [0.25, 0.3) is 16.7 Å². The van der Waals surface area contributed by atoms with Crippen LogP contribution in [0, 0.1) is 20.8 Å². The van der Waals surface area contributed by atoms with Gasteiger partial charge in [0.15, 0.2) is 124 Å². The van der Waals surface area contributed by atoms with Gasteiger partial charge in [-0.25, -0.2) is 97.1 Å². The van der Waals surface area contributed by atoms with Crippen molar-refractivity contribution in [1.29, 1.82) is 0 Å². The maximum absolute atomic E-state index is 15.9. The van der Waals surface area contributed by atoms with E-state index in [9.17, 15) is 86.5 Å². The molecule has 9 aliphatic heterocycles. The van der Waals surface area contributed by atoms with Crippen LogP contribution in [0.1, 0.15) is 80.5 Å². The highest BCUT2D eigenvalue weighted by molar-refractivity contribution is 7.53. The van der Waals surface area contributed by atoms with Gasteiger partial charge in [-0.1, -0.05) is 0 Å². The van der Waals surface area contributed by atoms with Crippen molar-refractivity contribution in [3.05, 3.63) is 105 Å². The summed E-state index contributed by atoms with van der Waals surface area (Å²) in [6, 6.07) is 0. The van der Waals surface area contributed by atoms with Crippen molar-refractivity contribution in [1.82, 2.24) is 117 Å². The third-order valence-corrected chi connectivity index (χ3v) is 31.0. The molecule has 30 unspecified atom stereocenters. The van der Waals surface area contributed by atoms with E-state index in [0.717, 1.165) is 29.9 Å². The first kappa shape index (κ1) is 94.3. The van der Waals surface area contributed by atoms with Crippen molar-refractivity contribution >= 4 is 130 Å². The zero-order valence-corrected chi connectivity index (χ0v) is 74.8. The third kappa shape index (κ3) is 18.1. The number of nitrogens with zero attached hydrogens (tertiary/aromatic N) is 21. The van der Waals surface area contributed by atoms with Gasteiger partial charge in [0, 0.05) is 0 Å². The molecule has 21 rings (SSSR count). The van der Waals surface area contributed by atoms with Gasteiger partial charge in [0.05, 0.1) is 100 Å². The fraction of sp³-hybridized carbons (Fsp3) is 0.552. The van der Waals surface area contributed by atoms with Crippen LogP contribution in [0.2, 0.25) is 0 Å². The molecule has 12 aromatic rings. The number of aromatic amines is 3. The first-order valence-electron chi connectivity index (χ1n) is 40.8. The molecule has 9 saturated heterocycles. The molecule has 0 saturated carbocycles. The standard InChI is InChI=1S/C23H29N9O11P2.C22H25F2N9O10P2.C22H26FN9O11P2/c1-9-29-20-13(21(35)30-9)28-8-32(20)23-17-14(33)10(40-23)2-4-44(36,37)42-16-11(3-5-45(38,39)43-17)41-22(15(16)34)31-7-27-12-18(24)25-6-26-19(12)31;1-8-30-19-14(20(34)31-8)29-7-33(19)22-16-11(23)10(41-22)4-39-45(37,38)43-15-9(2-3-44(35,36)42-16)40-21(12(15)24)32-6-28-13-17(25)26-5-27-18(13)32;1-8-29-19-13(20(34)30-8)28-7-32(19)22-16-11(23)9(40-22)2-3-44(35,36)42-15-10(4-39-45(37,38)43-16)41-21(14(15)33)31-6-27-12-17(24)25-5-26-18(12)31/h6-8,10-11,14-17,22-23,33-34H,2-5H2,1H3,(H,36,37)(H,38,39)(H2,24,25,26)(H,29,30,35);5-7,9-12,15-16,21-22H,2-4H2,1H3,(H,35,36)(H,37,38)(H2,25,26,27)(H,30,31,34);5-7,9-11,14-16,21-22,33H,2-4H2,1H3,(H,35,36)(H,37,38)(H2,24,25,26)(H,29,30,34). The first-order chi connectivity index (χ1) is 63.9. The Balaban J connectivity index is 0.000000130. The van der Waals surface area contributed by atoms with E-state index in [2.05, 4.69) is 89.7 Å². The predicted molar refractivity (Wildman–Crippen MR) is 442 cm³/mol. The topological polar surface area (TPSA) is 813 Å². The number of halogens is 3. The number of aliphatic hydroxyl groups is 3. The number of ether oxygens (including phenoxy) is 6. The molecule has 68 heteroatoms. The van der Waals surface area contributed by atoms with E-state index >= 15 is 13.2 Å². The number of nitrogens with one attached hydrogen (secondary N) is 3. The Labute approximate surface area is 748 Å². The van der Waals surface area contributed by atoms with Gasteiger partial charge in [-0.2, -0.15) is 0 Å². The predicted octanol–water partition coefficient (Wildman–Crippen LogP) is -0.0802. The molecule has 6 bridgehead atoms. The Hall–Kier alpha value is -9.65. The van der Waals surface area contributed by atoms with E-state index in [1.54, 1.807) is 6.92 Å². The van der Waals surface area contributed by atoms with E-state index < -0.39 is 261 Å². The lowest BCUT2D eigenvalue weighted by molar-refractivity contribution is -0.0591. The molecular formula is C67H80F3N27O32P6. The number of imidazole rings is 6. The fourth-order valence-corrected chi connectivity index (χ4v) is 24.3. The van der Waals surface area contributed by atoms with Gasteiger partial charge in [-0.15, -0.1) is 0 Å². The van der Waals surface area contributed by atoms with Crippen LogP contribution < -0.4 is 33.9 Å². The Morgan fingerprint density at radius 1 is 0.333 bits per heavy atom. The molecule has 0 spiro atoms. The van der Waals surface area contributed by atoms with Crippen molar-refractivity contribution in [3.8, 4) is 0 Å². The third-order valence-electron chi connectivity index (χ3n) is 23.4. The summed E-state index contributed by atoms with van der Waals surface area (Å²) in [6.45, 7) is 2.84. The molecule has 135 heavy (non-hydrogen) atoms. The number of nitrogen functional groups attached to an aromatic ring is 3. The smallest absolute Gasteiger partial charge is 0.387 e. The summed E-state index contributed by atoms with van der Waals surface area (Å²) >= 11 is 0. The number of aliphatic hydroxyl groups excluding tert-OH is 3. The number of phosphoric acid groups is 2. The van der Waals surface area contributed by atoms with Crippen molar-refractivity contribution in [2.45, 2.75) is 194 Å². The van der Waals surface area contributed by atoms with Gasteiger partial charge in [0.2, 0.25) is 0 Å². The summed E-state index contributed by atoms with van der Waals surface area (Å²) < 4.78 is 213. The molecule has 9 fully saturated rings. The number of rotatable bonds is 6. The number of hydrogen-bond donors (Lipinski definition) is 15. The first-order valence-corrected chi connectivity index (χ1v) is 50.8. The van der Waals surface area contributed by atoms with Crippen LogP contribution in [0.3, 0.4) is 0 Å². The van der Waals surface area contributed by atoms with Crippen LogP contribution in [0.5, 0.6) is 0 Å². The zero-order valence-electron chi connectivity index (χ0n) is 69.5. The summed E-state index contributed by atoms with van der Waals surface area (Å²) in [5.41, 5.74) is 16.7. The second-order valence-corrected chi connectivity index (χ2v) is 43.0. The van der Waals surface area contributed by atoms with Crippen LogP contribution in [-0.4, -0.2) is 310 Å². The SMILES string of the molecule is Cc1nc2c(ncn2C2OC3CCP(=O)(O)OC4C(CCP(=O)(O)OC2C3O)OC(n2cnc3c(N)ncnc32)C4O)c(=O)[nH]1.Cc1nc2c(ncn2C2OC3CCP(=O)(O)OC4C(COP(=O)(O)OC2C3F)OC(n2cnc3c(N)ncnc32)C4O)c(=O)[nH]1.Cc1nc2c(ncn2C2OC3COP(=O)(O)OC4C(CCP(=O)(O)OC2C3F)OC(n2cnc3c(N)ncnc32)C4F)c(=O)[nH]1. The molecule has 9 aliphatic rings. The van der Waals surface area contributed by atoms with Crippen molar-refractivity contribution < 1.29 is 150 Å². The normalized spacial score (nSPS) is 37.7. The van der Waals surface area contributed by atoms with E-state index in [-0.39, 0.29) is 115 Å². The van der Waals surface area contributed by atoms with Gasteiger partial charge >= 0.3 is 46.0 Å². The van der Waals surface area contributed by atoms with E-state index in [1.807, 2.05) is 0 Å². The number of hydrogen-bond acceptors (Lipinski definition) is 44. The molecule has 0 radical (unpaired) electrons. The minimum atomic E-state index is -5.13. The fourth-order valence-electron chi connectivity index (χ4n) is 17.2. The Morgan fingerprint density at radius 3 is 1.07 bits per heavy atom. The van der Waals surface area contributed by atoms with Gasteiger partial charge in [-0.3, -0.25) is 96.2 Å². The maximum Gasteiger partial charge on any atom is 0.472 e. The number of nitrogens with two attached hydrogens (primary N) is 3. The minimum absolute atomic E-state index is 0.0142.